The minimum atomic E-state index is -4.11. The van der Waals surface area contributed by atoms with Gasteiger partial charge in [-0.05, 0) is 42.7 Å². The van der Waals surface area contributed by atoms with Gasteiger partial charge in [-0.15, -0.1) is 0 Å². The molecule has 0 aliphatic heterocycles. The summed E-state index contributed by atoms with van der Waals surface area (Å²) in [5, 5.41) is 2.77. The van der Waals surface area contributed by atoms with Crippen molar-refractivity contribution < 1.29 is 27.5 Å². The molecular formula is C22H27N3O6S. The predicted octanol–water partition coefficient (Wildman–Crippen LogP) is 2.57. The van der Waals surface area contributed by atoms with Gasteiger partial charge in [-0.25, -0.2) is 22.9 Å². The quantitative estimate of drug-likeness (QED) is 0.492. The summed E-state index contributed by atoms with van der Waals surface area (Å²) >= 11 is 0. The lowest BCUT2D eigenvalue weighted by molar-refractivity contribution is -0.121. The third-order valence-electron chi connectivity index (χ3n) is 4.38. The summed E-state index contributed by atoms with van der Waals surface area (Å²) in [6.45, 7) is 4.40. The van der Waals surface area contributed by atoms with Crippen LogP contribution in [0.25, 0.3) is 0 Å². The Morgan fingerprint density at radius 2 is 1.72 bits per heavy atom. The van der Waals surface area contributed by atoms with Crippen molar-refractivity contribution in [2.24, 2.45) is 0 Å². The molecule has 1 heterocycles. The molecular weight excluding hydrogens is 434 g/mol. The van der Waals surface area contributed by atoms with E-state index in [0.29, 0.717) is 12.8 Å². The molecule has 0 radical (unpaired) electrons. The van der Waals surface area contributed by atoms with Gasteiger partial charge in [0.2, 0.25) is 5.91 Å². The highest BCUT2D eigenvalue weighted by molar-refractivity contribution is 7.90. The van der Waals surface area contributed by atoms with Crippen LogP contribution in [-0.2, 0) is 26.1 Å². The lowest BCUT2D eigenvalue weighted by Gasteiger charge is -2.09. The maximum atomic E-state index is 12.5. The molecule has 32 heavy (non-hydrogen) atoms. The zero-order valence-electron chi connectivity index (χ0n) is 18.1. The van der Waals surface area contributed by atoms with E-state index in [1.807, 2.05) is 18.6 Å². The van der Waals surface area contributed by atoms with E-state index in [2.05, 4.69) is 10.3 Å². The zero-order valence-corrected chi connectivity index (χ0v) is 18.9. The number of hydrogen-bond acceptors (Lipinski definition) is 7. The minimum Gasteiger partial charge on any atom is -0.461 e. The van der Waals surface area contributed by atoms with Crippen LogP contribution in [0.15, 0.2) is 47.5 Å². The fourth-order valence-corrected chi connectivity index (χ4v) is 3.54. The first kappa shape index (κ1) is 25.0. The zero-order chi connectivity index (χ0) is 23.6. The Morgan fingerprint density at radius 3 is 2.31 bits per heavy atom. The third-order valence-corrected chi connectivity index (χ3v) is 5.73. The van der Waals surface area contributed by atoms with E-state index in [4.69, 9.17) is 4.74 Å². The van der Waals surface area contributed by atoms with Crippen LogP contribution in [-0.4, -0.2) is 37.8 Å². The molecule has 1 aromatic heterocycles. The Labute approximate surface area is 187 Å². The molecule has 172 valence electrons. The minimum absolute atomic E-state index is 0.0213. The van der Waals surface area contributed by atoms with Crippen LogP contribution in [0.2, 0.25) is 0 Å². The van der Waals surface area contributed by atoms with Crippen LogP contribution in [0.3, 0.4) is 0 Å². The molecule has 0 bridgehead atoms. The number of esters is 1. The fourth-order valence-electron chi connectivity index (χ4n) is 2.57. The van der Waals surface area contributed by atoms with Crippen LogP contribution < -0.4 is 10.0 Å². The number of carbonyl (C=O) groups excluding carboxylic acids is 3. The van der Waals surface area contributed by atoms with Crippen molar-refractivity contribution in [3.05, 3.63) is 59.4 Å². The van der Waals surface area contributed by atoms with Gasteiger partial charge in [-0.3, -0.25) is 9.59 Å². The molecule has 1 aromatic carbocycles. The van der Waals surface area contributed by atoms with Gasteiger partial charge in [0.1, 0.15) is 5.69 Å². The summed E-state index contributed by atoms with van der Waals surface area (Å²) in [4.78, 5) is 39.5. The molecule has 0 saturated heterocycles. The average Bonchev–Trinajstić information content (AvgIpc) is 2.79. The average molecular weight is 462 g/mol. The molecule has 0 atom stereocenters. The number of rotatable bonds is 11. The Morgan fingerprint density at radius 1 is 1.00 bits per heavy atom. The van der Waals surface area contributed by atoms with E-state index in [1.165, 1.54) is 24.3 Å². The van der Waals surface area contributed by atoms with Gasteiger partial charge < -0.3 is 10.1 Å². The number of nitrogens with zero attached hydrogens (tertiary/aromatic N) is 1. The van der Waals surface area contributed by atoms with E-state index >= 15 is 0 Å². The van der Waals surface area contributed by atoms with E-state index in [9.17, 15) is 22.8 Å². The van der Waals surface area contributed by atoms with Crippen molar-refractivity contribution in [2.45, 2.75) is 51.0 Å². The Bertz CT molecular complexity index is 1030. The van der Waals surface area contributed by atoms with Crippen LogP contribution >= 0.6 is 0 Å². The molecule has 0 unspecified atom stereocenters. The number of sulfonamides is 1. The maximum absolute atomic E-state index is 12.5. The number of nitrogens with one attached hydrogen (secondary N) is 2. The summed E-state index contributed by atoms with van der Waals surface area (Å²) in [5.74, 6) is -1.56. The summed E-state index contributed by atoms with van der Waals surface area (Å²) in [6, 6.07) is 8.44. The molecule has 2 N–H and O–H groups in total. The number of unbranched alkanes of at least 4 members (excludes halogenated alkanes) is 1. The second-order valence-corrected chi connectivity index (χ2v) is 8.71. The number of ether oxygens (including phenoxy) is 1. The Balaban J connectivity index is 1.97. The largest absolute Gasteiger partial charge is 0.461 e. The van der Waals surface area contributed by atoms with Crippen molar-refractivity contribution in [3.63, 3.8) is 0 Å². The lowest BCUT2D eigenvalue weighted by Crippen LogP contribution is -2.30. The van der Waals surface area contributed by atoms with Crippen molar-refractivity contribution in [2.75, 3.05) is 6.61 Å². The highest BCUT2D eigenvalue weighted by Crippen LogP contribution is 2.12. The second kappa shape index (κ2) is 11.9. The number of pyridine rings is 1. The molecule has 2 amide bonds. The van der Waals surface area contributed by atoms with Gasteiger partial charge in [0.05, 0.1) is 17.1 Å². The Kier molecular flexibility index (Phi) is 9.33. The predicted molar refractivity (Wildman–Crippen MR) is 117 cm³/mol. The molecule has 10 heteroatoms. The molecule has 0 aliphatic rings. The van der Waals surface area contributed by atoms with Gasteiger partial charge in [-0.1, -0.05) is 32.4 Å². The molecule has 2 aromatic rings. The first-order valence-electron chi connectivity index (χ1n) is 10.3. The van der Waals surface area contributed by atoms with E-state index in [0.717, 1.165) is 24.6 Å². The van der Waals surface area contributed by atoms with E-state index in [1.54, 1.807) is 12.1 Å². The molecule has 0 saturated carbocycles. The van der Waals surface area contributed by atoms with Crippen LogP contribution in [0.1, 0.15) is 65.9 Å². The molecule has 9 nitrogen and oxygen atoms in total. The molecule has 0 spiro atoms. The Hall–Kier alpha value is -3.27. The van der Waals surface area contributed by atoms with Crippen molar-refractivity contribution in [3.8, 4) is 0 Å². The van der Waals surface area contributed by atoms with Crippen molar-refractivity contribution >= 4 is 27.8 Å². The highest BCUT2D eigenvalue weighted by Gasteiger charge is 2.19. The third kappa shape index (κ3) is 7.45. The highest BCUT2D eigenvalue weighted by atomic mass is 32.2. The van der Waals surface area contributed by atoms with Gasteiger partial charge in [0.25, 0.3) is 15.9 Å². The van der Waals surface area contributed by atoms with Gasteiger partial charge in [0, 0.05) is 19.2 Å². The maximum Gasteiger partial charge on any atom is 0.356 e. The molecule has 2 rings (SSSR count). The normalized spacial score (nSPS) is 10.9. The first-order valence-corrected chi connectivity index (χ1v) is 11.8. The SMILES string of the molecule is CCCCC(=O)NCc1ccc(S(=O)(=O)NC(=O)c2ccc(C(=O)OCCC)nc2)cc1. The number of amides is 2. The molecule has 0 fully saturated rings. The summed E-state index contributed by atoms with van der Waals surface area (Å²) in [5.41, 5.74) is 0.733. The number of carbonyl (C=O) groups is 3. The van der Waals surface area contributed by atoms with Crippen LogP contribution in [0.5, 0.6) is 0 Å². The monoisotopic (exact) mass is 461 g/mol. The number of hydrogen-bond donors (Lipinski definition) is 2. The van der Waals surface area contributed by atoms with Gasteiger partial charge in [-0.2, -0.15) is 0 Å². The fraction of sp³-hybridized carbons (Fsp3) is 0.364. The summed E-state index contributed by atoms with van der Waals surface area (Å²) in [7, 11) is -4.11. The van der Waals surface area contributed by atoms with Gasteiger partial charge >= 0.3 is 5.97 Å². The number of benzene rings is 1. The second-order valence-electron chi connectivity index (χ2n) is 7.03. The van der Waals surface area contributed by atoms with E-state index < -0.39 is 21.9 Å². The molecule has 0 aliphatic carbocycles. The summed E-state index contributed by atoms with van der Waals surface area (Å²) in [6.07, 6.45) is 3.96. The summed E-state index contributed by atoms with van der Waals surface area (Å²) < 4.78 is 31.9. The first-order chi connectivity index (χ1) is 15.3. The van der Waals surface area contributed by atoms with E-state index in [-0.39, 0.29) is 35.2 Å². The van der Waals surface area contributed by atoms with Crippen molar-refractivity contribution in [1.29, 1.82) is 0 Å². The van der Waals surface area contributed by atoms with Crippen LogP contribution in [0, 0.1) is 0 Å². The van der Waals surface area contributed by atoms with Crippen LogP contribution in [0.4, 0.5) is 0 Å². The smallest absolute Gasteiger partial charge is 0.356 e. The standard InChI is InChI=1S/C22H27N3O6S/c1-3-5-6-20(26)24-14-16-7-10-18(11-8-16)32(29,30)25-21(27)17-9-12-19(23-15-17)22(28)31-13-4-2/h7-12,15H,3-6,13-14H2,1-2H3,(H,24,26)(H,25,27). The number of aromatic nitrogens is 1. The lowest BCUT2D eigenvalue weighted by atomic mass is 10.2. The van der Waals surface area contributed by atoms with Gasteiger partial charge in [0.15, 0.2) is 0 Å². The van der Waals surface area contributed by atoms with Crippen molar-refractivity contribution in [1.82, 2.24) is 15.0 Å². The topological polar surface area (TPSA) is 132 Å².